The van der Waals surface area contributed by atoms with Gasteiger partial charge >= 0.3 is 0 Å². The minimum Gasteiger partial charge on any atom is -0.387 e. The number of amidine groups is 1. The third-order valence-corrected chi connectivity index (χ3v) is 6.08. The summed E-state index contributed by atoms with van der Waals surface area (Å²) in [6.45, 7) is 1.61. The Balaban J connectivity index is 2.09. The Kier molecular flexibility index (Phi) is 5.37. The zero-order valence-electron chi connectivity index (χ0n) is 14.0. The molecule has 3 nitrogen and oxygen atoms in total. The Labute approximate surface area is 149 Å². The van der Waals surface area contributed by atoms with E-state index in [0.717, 1.165) is 5.30 Å². The van der Waals surface area contributed by atoms with Crippen molar-refractivity contribution in [1.29, 1.82) is 0 Å². The molecule has 1 amide bonds. The average Bonchev–Trinajstić information content (AvgIpc) is 2.63. The quantitative estimate of drug-likeness (QED) is 0.449. The molecule has 0 saturated carbocycles. The summed E-state index contributed by atoms with van der Waals surface area (Å²) >= 11 is 0. The van der Waals surface area contributed by atoms with Gasteiger partial charge in [-0.3, -0.25) is 4.79 Å². The topological polar surface area (TPSA) is 55.4 Å². The van der Waals surface area contributed by atoms with Crippen molar-refractivity contribution in [1.82, 2.24) is 0 Å². The molecule has 0 radical (unpaired) electrons. The second-order valence-corrected chi connectivity index (χ2v) is 7.84. The summed E-state index contributed by atoms with van der Waals surface area (Å²) < 4.78 is 0. The number of carbonyl (C=O) groups is 1. The highest BCUT2D eigenvalue weighted by molar-refractivity contribution is 7.79. The molecule has 25 heavy (non-hydrogen) atoms. The summed E-state index contributed by atoms with van der Waals surface area (Å²) in [5.41, 5.74) is 6.10. The number of nitrogens with two attached hydrogens (primary N) is 1. The highest BCUT2D eigenvalue weighted by atomic mass is 31.1. The van der Waals surface area contributed by atoms with Crippen LogP contribution in [0.1, 0.15) is 17.3 Å². The van der Waals surface area contributed by atoms with Crippen LogP contribution in [0.15, 0.2) is 89.9 Å². The summed E-state index contributed by atoms with van der Waals surface area (Å²) in [6, 6.07) is 28.4. The summed E-state index contributed by atoms with van der Waals surface area (Å²) in [4.78, 5) is 16.1. The normalized spacial score (nSPS) is 11.5. The van der Waals surface area contributed by atoms with Gasteiger partial charge in [0, 0.05) is 5.56 Å². The third-order valence-electron chi connectivity index (χ3n) is 3.66. The molecule has 0 aliphatic carbocycles. The second-order valence-electron chi connectivity index (χ2n) is 5.62. The lowest BCUT2D eigenvalue weighted by Crippen LogP contribution is -2.21. The molecule has 0 aliphatic heterocycles. The van der Waals surface area contributed by atoms with E-state index >= 15 is 0 Å². The summed E-state index contributed by atoms with van der Waals surface area (Å²) in [5.74, 6) is -0.0401. The van der Waals surface area contributed by atoms with Gasteiger partial charge in [0.25, 0.3) is 5.91 Å². The van der Waals surface area contributed by atoms with Gasteiger partial charge in [-0.15, -0.1) is 0 Å². The van der Waals surface area contributed by atoms with Crippen molar-refractivity contribution in [2.24, 2.45) is 10.7 Å². The van der Waals surface area contributed by atoms with E-state index < -0.39 is 7.92 Å². The van der Waals surface area contributed by atoms with E-state index in [1.165, 1.54) is 10.6 Å². The number of hydrogen-bond donors (Lipinski definition) is 1. The van der Waals surface area contributed by atoms with Gasteiger partial charge in [-0.2, -0.15) is 4.99 Å². The highest BCUT2D eigenvalue weighted by Gasteiger charge is 2.17. The first-order chi connectivity index (χ1) is 12.1. The van der Waals surface area contributed by atoms with Crippen LogP contribution >= 0.6 is 7.92 Å². The Hall–Kier alpha value is -2.77. The van der Waals surface area contributed by atoms with E-state index in [1.54, 1.807) is 13.0 Å². The number of carbonyl (C=O) groups excluding carboxylic acids is 1. The second kappa shape index (κ2) is 7.87. The molecule has 0 unspecified atom stereocenters. The van der Waals surface area contributed by atoms with Crippen LogP contribution in [0.5, 0.6) is 0 Å². The molecule has 4 heteroatoms. The minimum absolute atomic E-state index is 0.267. The Morgan fingerprint density at radius 3 is 1.84 bits per heavy atom. The third kappa shape index (κ3) is 4.20. The van der Waals surface area contributed by atoms with Crippen molar-refractivity contribution in [2.75, 3.05) is 0 Å². The minimum atomic E-state index is -0.739. The maximum atomic E-state index is 12.2. The molecule has 0 aliphatic rings. The Morgan fingerprint density at radius 1 is 0.800 bits per heavy atom. The number of rotatable bonds is 4. The number of nitrogens with zero attached hydrogens (tertiary/aromatic N) is 1. The fourth-order valence-electron chi connectivity index (χ4n) is 2.60. The zero-order valence-corrected chi connectivity index (χ0v) is 14.9. The smallest absolute Gasteiger partial charge is 0.278 e. The molecule has 0 spiro atoms. The molecule has 3 rings (SSSR count). The van der Waals surface area contributed by atoms with Gasteiger partial charge < -0.3 is 5.73 Å². The number of amides is 1. The van der Waals surface area contributed by atoms with E-state index in [4.69, 9.17) is 5.73 Å². The van der Waals surface area contributed by atoms with Gasteiger partial charge in [0.05, 0.1) is 0 Å². The molecular formula is C21H19N2OP. The summed E-state index contributed by atoms with van der Waals surface area (Å²) in [6.07, 6.45) is 0. The molecule has 3 aromatic carbocycles. The maximum Gasteiger partial charge on any atom is 0.278 e. The van der Waals surface area contributed by atoms with Gasteiger partial charge in [0.15, 0.2) is 0 Å². The number of benzene rings is 3. The molecule has 2 N–H and O–H groups in total. The molecule has 124 valence electrons. The van der Waals surface area contributed by atoms with Crippen LogP contribution in [-0.4, -0.2) is 11.7 Å². The maximum absolute atomic E-state index is 12.2. The van der Waals surface area contributed by atoms with E-state index in [1.807, 2.05) is 48.5 Å². The van der Waals surface area contributed by atoms with E-state index in [2.05, 4.69) is 35.3 Å². The fraction of sp³-hybridized carbons (Fsp3) is 0.0476. The Morgan fingerprint density at radius 2 is 1.32 bits per heavy atom. The van der Waals surface area contributed by atoms with Crippen molar-refractivity contribution in [2.45, 2.75) is 6.92 Å². The first-order valence-electron chi connectivity index (χ1n) is 8.00. The Bertz CT molecular complexity index is 849. The SMILES string of the molecule is C/C(N)=N/C(=O)c1cccc(P(c2ccccc2)c2ccccc2)c1. The lowest BCUT2D eigenvalue weighted by atomic mass is 10.2. The number of aliphatic imine (C=N–C) groups is 1. The average molecular weight is 346 g/mol. The van der Waals surface area contributed by atoms with Crippen LogP contribution in [0, 0.1) is 0 Å². The van der Waals surface area contributed by atoms with Crippen LogP contribution in [-0.2, 0) is 0 Å². The first-order valence-corrected chi connectivity index (χ1v) is 9.35. The van der Waals surface area contributed by atoms with Crippen LogP contribution in [0.3, 0.4) is 0 Å². The fourth-order valence-corrected chi connectivity index (χ4v) is 4.94. The molecule has 0 saturated heterocycles. The molecular weight excluding hydrogens is 327 g/mol. The van der Waals surface area contributed by atoms with Crippen molar-refractivity contribution >= 4 is 35.6 Å². The van der Waals surface area contributed by atoms with Gasteiger partial charge in [0.1, 0.15) is 5.84 Å². The van der Waals surface area contributed by atoms with Crippen LogP contribution < -0.4 is 21.6 Å². The predicted octanol–water partition coefficient (Wildman–Crippen LogP) is 2.96. The van der Waals surface area contributed by atoms with Gasteiger partial charge in [-0.25, -0.2) is 0 Å². The molecule has 0 fully saturated rings. The lowest BCUT2D eigenvalue weighted by Gasteiger charge is -2.19. The van der Waals surface area contributed by atoms with E-state index in [9.17, 15) is 4.79 Å². The largest absolute Gasteiger partial charge is 0.387 e. The summed E-state index contributed by atoms with van der Waals surface area (Å²) in [7, 11) is -0.739. The van der Waals surface area contributed by atoms with Crippen molar-refractivity contribution < 1.29 is 4.79 Å². The first kappa shape index (κ1) is 17.1. The van der Waals surface area contributed by atoms with E-state index in [-0.39, 0.29) is 11.7 Å². The monoisotopic (exact) mass is 346 g/mol. The van der Waals surface area contributed by atoms with Gasteiger partial charge in [-0.1, -0.05) is 72.8 Å². The standard InChI is InChI=1S/C21H19N2OP/c1-16(22)23-21(24)17-9-8-14-20(15-17)25(18-10-4-2-5-11-18)19-12-6-3-7-13-19/h2-15H,1H3,(H2,22,23,24). The predicted molar refractivity (Wildman–Crippen MR) is 107 cm³/mol. The van der Waals surface area contributed by atoms with Crippen LogP contribution in [0.4, 0.5) is 0 Å². The van der Waals surface area contributed by atoms with Crippen LogP contribution in [0.2, 0.25) is 0 Å². The summed E-state index contributed by atoms with van der Waals surface area (Å²) in [5, 5.41) is 3.60. The molecule has 3 aromatic rings. The van der Waals surface area contributed by atoms with Gasteiger partial charge in [-0.05, 0) is 42.9 Å². The van der Waals surface area contributed by atoms with Crippen molar-refractivity contribution in [3.05, 3.63) is 90.5 Å². The zero-order chi connectivity index (χ0) is 17.6. The highest BCUT2D eigenvalue weighted by Crippen LogP contribution is 2.32. The van der Waals surface area contributed by atoms with Crippen molar-refractivity contribution in [3.63, 3.8) is 0 Å². The lowest BCUT2D eigenvalue weighted by molar-refractivity contribution is 0.100. The van der Waals surface area contributed by atoms with Crippen LogP contribution in [0.25, 0.3) is 0 Å². The molecule has 0 bridgehead atoms. The molecule has 0 atom stereocenters. The van der Waals surface area contributed by atoms with E-state index in [0.29, 0.717) is 5.56 Å². The molecule has 0 aromatic heterocycles. The van der Waals surface area contributed by atoms with Gasteiger partial charge in [0.2, 0.25) is 0 Å². The van der Waals surface area contributed by atoms with Crippen molar-refractivity contribution in [3.8, 4) is 0 Å². The molecule has 0 heterocycles. The number of hydrogen-bond acceptors (Lipinski definition) is 1.